The van der Waals surface area contributed by atoms with Gasteiger partial charge in [-0.25, -0.2) is 0 Å². The lowest BCUT2D eigenvalue weighted by molar-refractivity contribution is 0.340. The van der Waals surface area contributed by atoms with E-state index in [1.54, 1.807) is 0 Å². The highest BCUT2D eigenvalue weighted by Crippen LogP contribution is 2.30. The number of rotatable bonds is 6. The fourth-order valence-corrected chi connectivity index (χ4v) is 2.15. The first-order chi connectivity index (χ1) is 8.26. The number of hydrogen-bond donors (Lipinski definition) is 0. The Morgan fingerprint density at radius 2 is 1.71 bits per heavy atom. The second-order valence-corrected chi connectivity index (χ2v) is 4.19. The van der Waals surface area contributed by atoms with Gasteiger partial charge >= 0.3 is 0 Å². The van der Waals surface area contributed by atoms with Gasteiger partial charge < -0.3 is 4.74 Å². The molecule has 1 atom stereocenters. The summed E-state index contributed by atoms with van der Waals surface area (Å²) in [6, 6.07) is 10.4. The fourth-order valence-electron chi connectivity index (χ4n) is 2.15. The molecule has 1 unspecified atom stereocenters. The van der Waals surface area contributed by atoms with Crippen LogP contribution in [0.3, 0.4) is 0 Å². The number of hydrogen-bond acceptors (Lipinski definition) is 2. The van der Waals surface area contributed by atoms with Crippen LogP contribution in [0.5, 0.6) is 5.75 Å². The molecule has 0 aliphatic rings. The molecule has 0 aliphatic carbocycles. The van der Waals surface area contributed by atoms with E-state index >= 15 is 0 Å². The van der Waals surface area contributed by atoms with Crippen LogP contribution in [-0.2, 0) is 0 Å². The molecule has 0 N–H and O–H groups in total. The van der Waals surface area contributed by atoms with Crippen molar-refractivity contribution in [1.82, 2.24) is 0 Å². The third-order valence-electron chi connectivity index (χ3n) is 3.21. The van der Waals surface area contributed by atoms with Gasteiger partial charge in [0.15, 0.2) is 0 Å². The SMILES string of the molecule is CCOc1ccc(C(C#N)C(CC)CC)cc1. The summed E-state index contributed by atoms with van der Waals surface area (Å²) >= 11 is 0. The molecule has 0 saturated carbocycles. The summed E-state index contributed by atoms with van der Waals surface area (Å²) < 4.78 is 5.40. The van der Waals surface area contributed by atoms with Crippen molar-refractivity contribution in [3.05, 3.63) is 29.8 Å². The van der Waals surface area contributed by atoms with E-state index in [2.05, 4.69) is 19.9 Å². The van der Waals surface area contributed by atoms with E-state index in [1.807, 2.05) is 31.2 Å². The first-order valence-corrected chi connectivity index (χ1v) is 6.39. The molecule has 0 aliphatic heterocycles. The van der Waals surface area contributed by atoms with E-state index < -0.39 is 0 Å². The van der Waals surface area contributed by atoms with E-state index in [0.29, 0.717) is 12.5 Å². The average molecular weight is 231 g/mol. The predicted molar refractivity (Wildman–Crippen MR) is 70.0 cm³/mol. The number of benzene rings is 1. The topological polar surface area (TPSA) is 33.0 Å². The minimum atomic E-state index is 0.000626. The largest absolute Gasteiger partial charge is 0.494 e. The number of nitrogens with zero attached hydrogens (tertiary/aromatic N) is 1. The number of nitriles is 1. The van der Waals surface area contributed by atoms with Gasteiger partial charge in [0.25, 0.3) is 0 Å². The van der Waals surface area contributed by atoms with Crippen molar-refractivity contribution in [2.75, 3.05) is 6.61 Å². The Morgan fingerprint density at radius 3 is 2.12 bits per heavy atom. The van der Waals surface area contributed by atoms with Gasteiger partial charge in [0, 0.05) is 0 Å². The summed E-state index contributed by atoms with van der Waals surface area (Å²) in [6.07, 6.45) is 2.09. The van der Waals surface area contributed by atoms with Gasteiger partial charge in [0.2, 0.25) is 0 Å². The summed E-state index contributed by atoms with van der Waals surface area (Å²) in [7, 11) is 0. The van der Waals surface area contributed by atoms with Crippen LogP contribution in [0.4, 0.5) is 0 Å². The van der Waals surface area contributed by atoms with Crippen LogP contribution < -0.4 is 4.74 Å². The molecule has 17 heavy (non-hydrogen) atoms. The quantitative estimate of drug-likeness (QED) is 0.737. The average Bonchev–Trinajstić information content (AvgIpc) is 2.37. The summed E-state index contributed by atoms with van der Waals surface area (Å²) in [4.78, 5) is 0. The summed E-state index contributed by atoms with van der Waals surface area (Å²) in [5, 5.41) is 9.30. The van der Waals surface area contributed by atoms with E-state index in [1.165, 1.54) is 0 Å². The van der Waals surface area contributed by atoms with Crippen LogP contribution in [0.15, 0.2) is 24.3 Å². The lowest BCUT2D eigenvalue weighted by Crippen LogP contribution is -2.09. The van der Waals surface area contributed by atoms with Crippen molar-refractivity contribution in [3.8, 4) is 11.8 Å². The van der Waals surface area contributed by atoms with Crippen molar-refractivity contribution in [3.63, 3.8) is 0 Å². The Kier molecular flexibility index (Phi) is 5.56. The van der Waals surface area contributed by atoms with Crippen molar-refractivity contribution in [2.24, 2.45) is 5.92 Å². The Labute approximate surface area is 104 Å². The van der Waals surface area contributed by atoms with E-state index in [-0.39, 0.29) is 5.92 Å². The van der Waals surface area contributed by atoms with Crippen LogP contribution in [0.1, 0.15) is 45.1 Å². The van der Waals surface area contributed by atoms with Gasteiger partial charge in [-0.3, -0.25) is 0 Å². The first-order valence-electron chi connectivity index (χ1n) is 6.39. The summed E-state index contributed by atoms with van der Waals surface area (Å²) in [5.41, 5.74) is 1.10. The lowest BCUT2D eigenvalue weighted by Gasteiger charge is -2.19. The number of ether oxygens (including phenoxy) is 1. The molecule has 2 nitrogen and oxygen atoms in total. The molecule has 0 amide bonds. The maximum Gasteiger partial charge on any atom is 0.119 e. The van der Waals surface area contributed by atoms with Gasteiger partial charge in [-0.15, -0.1) is 0 Å². The second kappa shape index (κ2) is 6.96. The van der Waals surface area contributed by atoms with Gasteiger partial charge in [-0.05, 0) is 30.5 Å². The van der Waals surface area contributed by atoms with Gasteiger partial charge in [0.1, 0.15) is 5.75 Å². The molecule has 1 aromatic rings. The molecule has 92 valence electrons. The molecule has 0 heterocycles. The molecule has 0 radical (unpaired) electrons. The minimum absolute atomic E-state index is 0.000626. The van der Waals surface area contributed by atoms with Gasteiger partial charge in [0.05, 0.1) is 18.6 Å². The third-order valence-corrected chi connectivity index (χ3v) is 3.21. The molecule has 0 bridgehead atoms. The summed E-state index contributed by atoms with van der Waals surface area (Å²) in [6.45, 7) is 6.93. The molecular weight excluding hydrogens is 210 g/mol. The monoisotopic (exact) mass is 231 g/mol. The van der Waals surface area contributed by atoms with Crippen molar-refractivity contribution in [2.45, 2.75) is 39.5 Å². The standard InChI is InChI=1S/C15H21NO/c1-4-12(5-2)15(11-16)13-7-9-14(10-8-13)17-6-3/h7-10,12,15H,4-6H2,1-3H3. The Bertz CT molecular complexity index is 360. The Hall–Kier alpha value is -1.49. The zero-order chi connectivity index (χ0) is 12.7. The fraction of sp³-hybridized carbons (Fsp3) is 0.533. The van der Waals surface area contributed by atoms with Crippen molar-refractivity contribution in [1.29, 1.82) is 5.26 Å². The highest BCUT2D eigenvalue weighted by Gasteiger charge is 2.19. The Morgan fingerprint density at radius 1 is 1.12 bits per heavy atom. The van der Waals surface area contributed by atoms with E-state index in [0.717, 1.165) is 24.2 Å². The lowest BCUT2D eigenvalue weighted by atomic mass is 9.84. The summed E-state index contributed by atoms with van der Waals surface area (Å²) in [5.74, 6) is 1.32. The molecule has 0 aromatic heterocycles. The molecule has 1 rings (SSSR count). The smallest absolute Gasteiger partial charge is 0.119 e. The maximum absolute atomic E-state index is 9.30. The van der Waals surface area contributed by atoms with Crippen LogP contribution in [0, 0.1) is 17.2 Å². The predicted octanol–water partition coefficient (Wildman–Crippen LogP) is 4.13. The van der Waals surface area contributed by atoms with E-state index in [9.17, 15) is 5.26 Å². The highest BCUT2D eigenvalue weighted by molar-refractivity contribution is 5.32. The molecule has 0 spiro atoms. The molecular formula is C15H21NO. The van der Waals surface area contributed by atoms with Gasteiger partial charge in [-0.2, -0.15) is 5.26 Å². The van der Waals surface area contributed by atoms with Crippen LogP contribution in [-0.4, -0.2) is 6.61 Å². The molecule has 2 heteroatoms. The zero-order valence-electron chi connectivity index (χ0n) is 10.9. The highest BCUT2D eigenvalue weighted by atomic mass is 16.5. The van der Waals surface area contributed by atoms with E-state index in [4.69, 9.17) is 4.74 Å². The second-order valence-electron chi connectivity index (χ2n) is 4.19. The third kappa shape index (κ3) is 3.49. The Balaban J connectivity index is 2.86. The van der Waals surface area contributed by atoms with Crippen LogP contribution >= 0.6 is 0 Å². The molecule has 0 saturated heterocycles. The van der Waals surface area contributed by atoms with Gasteiger partial charge in [-0.1, -0.05) is 38.8 Å². The minimum Gasteiger partial charge on any atom is -0.494 e. The molecule has 1 aromatic carbocycles. The van der Waals surface area contributed by atoms with Crippen LogP contribution in [0.2, 0.25) is 0 Å². The van der Waals surface area contributed by atoms with Crippen molar-refractivity contribution >= 4 is 0 Å². The van der Waals surface area contributed by atoms with Crippen molar-refractivity contribution < 1.29 is 4.74 Å². The normalized spacial score (nSPS) is 12.2. The zero-order valence-corrected chi connectivity index (χ0v) is 10.9. The maximum atomic E-state index is 9.30. The first kappa shape index (κ1) is 13.6. The van der Waals surface area contributed by atoms with Crippen LogP contribution in [0.25, 0.3) is 0 Å². The molecule has 0 fully saturated rings.